The van der Waals surface area contributed by atoms with Crippen LogP contribution in [0.25, 0.3) is 10.8 Å². The Morgan fingerprint density at radius 3 is 1.60 bits per heavy atom. The molecule has 0 fully saturated rings. The van der Waals surface area contributed by atoms with Crippen molar-refractivity contribution in [1.29, 1.82) is 0 Å². The van der Waals surface area contributed by atoms with Crippen molar-refractivity contribution < 1.29 is 14.2 Å². The van der Waals surface area contributed by atoms with Crippen LogP contribution in [0.2, 0.25) is 0 Å². The predicted molar refractivity (Wildman–Crippen MR) is 142 cm³/mol. The van der Waals surface area contributed by atoms with E-state index in [1.807, 2.05) is 60.7 Å². The lowest BCUT2D eigenvalue weighted by Crippen LogP contribution is -2.05. The molecule has 0 aliphatic rings. The van der Waals surface area contributed by atoms with E-state index in [0.29, 0.717) is 19.0 Å². The van der Waals surface area contributed by atoms with E-state index in [0.717, 1.165) is 40.9 Å². The lowest BCUT2D eigenvalue weighted by Gasteiger charge is -2.18. The summed E-state index contributed by atoms with van der Waals surface area (Å²) >= 11 is 0. The van der Waals surface area contributed by atoms with E-state index in [1.54, 1.807) is 0 Å². The third-order valence-corrected chi connectivity index (χ3v) is 5.87. The van der Waals surface area contributed by atoms with Crippen LogP contribution in [0.15, 0.2) is 121 Å². The number of fused-ring (bicyclic) bond motifs is 1. The van der Waals surface area contributed by atoms with Crippen molar-refractivity contribution in [1.82, 2.24) is 0 Å². The first-order valence-corrected chi connectivity index (χ1v) is 12.0. The minimum atomic E-state index is 0.549. The highest BCUT2D eigenvalue weighted by molar-refractivity contribution is 5.95. The molecule has 0 saturated heterocycles. The van der Waals surface area contributed by atoms with Crippen LogP contribution in [-0.2, 0) is 12.8 Å². The van der Waals surface area contributed by atoms with Crippen LogP contribution in [0.5, 0.6) is 23.0 Å². The van der Waals surface area contributed by atoms with Crippen LogP contribution >= 0.6 is 0 Å². The van der Waals surface area contributed by atoms with Gasteiger partial charge in [0.1, 0.15) is 11.5 Å². The molecule has 0 amide bonds. The van der Waals surface area contributed by atoms with Gasteiger partial charge in [-0.15, -0.1) is 0 Å². The molecule has 35 heavy (non-hydrogen) atoms. The standard InChI is InChI=1S/C32H28O3/c1-4-12-25(13-5-1)20-22-33-30-24-31(35-27-16-8-3-9-17-27)32(29-19-11-10-18-28(29)30)34-23-21-26-14-6-2-7-15-26/h1-19,24H,20-23H2. The van der Waals surface area contributed by atoms with Gasteiger partial charge in [0, 0.05) is 29.7 Å². The van der Waals surface area contributed by atoms with Gasteiger partial charge in [-0.1, -0.05) is 103 Å². The molecule has 5 aromatic carbocycles. The topological polar surface area (TPSA) is 27.7 Å². The van der Waals surface area contributed by atoms with E-state index in [4.69, 9.17) is 14.2 Å². The van der Waals surface area contributed by atoms with Gasteiger partial charge in [-0.25, -0.2) is 0 Å². The van der Waals surface area contributed by atoms with Gasteiger partial charge in [-0.05, 0) is 23.3 Å². The van der Waals surface area contributed by atoms with Crippen molar-refractivity contribution in [3.8, 4) is 23.0 Å². The summed E-state index contributed by atoms with van der Waals surface area (Å²) in [7, 11) is 0. The number of ether oxygens (including phenoxy) is 3. The Bertz CT molecular complexity index is 1350. The zero-order chi connectivity index (χ0) is 23.7. The van der Waals surface area contributed by atoms with Crippen LogP contribution in [0, 0.1) is 0 Å². The molecule has 0 N–H and O–H groups in total. The van der Waals surface area contributed by atoms with Gasteiger partial charge in [0.2, 0.25) is 0 Å². The fourth-order valence-electron chi connectivity index (χ4n) is 4.09. The smallest absolute Gasteiger partial charge is 0.173 e. The Morgan fingerprint density at radius 2 is 0.971 bits per heavy atom. The van der Waals surface area contributed by atoms with Gasteiger partial charge in [0.05, 0.1) is 13.2 Å². The number of hydrogen-bond acceptors (Lipinski definition) is 3. The number of hydrogen-bond donors (Lipinski definition) is 0. The molecule has 3 nitrogen and oxygen atoms in total. The molecule has 0 aromatic heterocycles. The maximum Gasteiger partial charge on any atom is 0.173 e. The molecule has 0 aliphatic carbocycles. The molecule has 0 unspecified atom stereocenters. The van der Waals surface area contributed by atoms with Crippen molar-refractivity contribution in [3.05, 3.63) is 132 Å². The zero-order valence-corrected chi connectivity index (χ0v) is 19.6. The summed E-state index contributed by atoms with van der Waals surface area (Å²) < 4.78 is 19.0. The number of para-hydroxylation sites is 1. The van der Waals surface area contributed by atoms with E-state index in [9.17, 15) is 0 Å². The van der Waals surface area contributed by atoms with E-state index in [1.165, 1.54) is 11.1 Å². The Balaban J connectivity index is 1.44. The molecular weight excluding hydrogens is 432 g/mol. The van der Waals surface area contributed by atoms with Crippen molar-refractivity contribution in [2.75, 3.05) is 13.2 Å². The van der Waals surface area contributed by atoms with Gasteiger partial charge < -0.3 is 14.2 Å². The van der Waals surface area contributed by atoms with Gasteiger partial charge in [-0.3, -0.25) is 0 Å². The second kappa shape index (κ2) is 11.3. The summed E-state index contributed by atoms with van der Waals surface area (Å²) in [5, 5.41) is 1.99. The molecule has 5 aromatic rings. The van der Waals surface area contributed by atoms with E-state index >= 15 is 0 Å². The lowest BCUT2D eigenvalue weighted by molar-refractivity contribution is 0.304. The van der Waals surface area contributed by atoms with Crippen LogP contribution in [-0.4, -0.2) is 13.2 Å². The van der Waals surface area contributed by atoms with Gasteiger partial charge >= 0.3 is 0 Å². The first kappa shape index (κ1) is 22.5. The van der Waals surface area contributed by atoms with Crippen LogP contribution < -0.4 is 14.2 Å². The summed E-state index contributed by atoms with van der Waals surface area (Å²) in [5.41, 5.74) is 2.49. The summed E-state index contributed by atoms with van der Waals surface area (Å²) in [6.45, 7) is 1.13. The largest absolute Gasteiger partial charge is 0.492 e. The second-order valence-corrected chi connectivity index (χ2v) is 8.33. The summed E-state index contributed by atoms with van der Waals surface area (Å²) in [4.78, 5) is 0. The van der Waals surface area contributed by atoms with E-state index in [-0.39, 0.29) is 0 Å². The fourth-order valence-corrected chi connectivity index (χ4v) is 4.09. The molecule has 174 valence electrons. The highest BCUT2D eigenvalue weighted by atomic mass is 16.5. The maximum atomic E-state index is 6.37. The molecule has 0 spiro atoms. The Labute approximate surface area is 206 Å². The third kappa shape index (κ3) is 5.82. The fraction of sp³-hybridized carbons (Fsp3) is 0.125. The average molecular weight is 461 g/mol. The molecular formula is C32H28O3. The average Bonchev–Trinajstić information content (AvgIpc) is 2.92. The monoisotopic (exact) mass is 460 g/mol. The van der Waals surface area contributed by atoms with Crippen molar-refractivity contribution in [2.45, 2.75) is 12.8 Å². The Kier molecular flexibility index (Phi) is 7.25. The minimum Gasteiger partial charge on any atom is -0.492 e. The van der Waals surface area contributed by atoms with E-state index in [2.05, 4.69) is 60.7 Å². The SMILES string of the molecule is c1ccc(CCOc2cc(Oc3ccccc3)c(OCCc3ccccc3)c3ccccc23)cc1. The van der Waals surface area contributed by atoms with Gasteiger partial charge in [0.25, 0.3) is 0 Å². The van der Waals surface area contributed by atoms with Gasteiger partial charge in [0.15, 0.2) is 11.5 Å². The first-order valence-electron chi connectivity index (χ1n) is 12.0. The molecule has 0 radical (unpaired) electrons. The highest BCUT2D eigenvalue weighted by Gasteiger charge is 2.17. The van der Waals surface area contributed by atoms with Crippen LogP contribution in [0.4, 0.5) is 0 Å². The summed E-state index contributed by atoms with van der Waals surface area (Å²) in [6, 6.07) is 40.7. The third-order valence-electron chi connectivity index (χ3n) is 5.87. The highest BCUT2D eigenvalue weighted by Crippen LogP contribution is 2.43. The van der Waals surface area contributed by atoms with Crippen molar-refractivity contribution in [3.63, 3.8) is 0 Å². The lowest BCUT2D eigenvalue weighted by atomic mass is 10.1. The van der Waals surface area contributed by atoms with Crippen LogP contribution in [0.1, 0.15) is 11.1 Å². The summed E-state index contributed by atoms with van der Waals surface area (Å²) in [5.74, 6) is 2.93. The van der Waals surface area contributed by atoms with Crippen LogP contribution in [0.3, 0.4) is 0 Å². The molecule has 5 rings (SSSR count). The minimum absolute atomic E-state index is 0.549. The molecule has 3 heteroatoms. The summed E-state index contributed by atoms with van der Waals surface area (Å²) in [6.07, 6.45) is 1.65. The molecule has 0 saturated carbocycles. The Morgan fingerprint density at radius 1 is 0.457 bits per heavy atom. The quantitative estimate of drug-likeness (QED) is 0.212. The Hall–Kier alpha value is -4.24. The molecule has 0 aliphatic heterocycles. The van der Waals surface area contributed by atoms with E-state index < -0.39 is 0 Å². The second-order valence-electron chi connectivity index (χ2n) is 8.33. The maximum absolute atomic E-state index is 6.37. The molecule has 0 atom stereocenters. The predicted octanol–water partition coefficient (Wildman–Crippen LogP) is 7.88. The van der Waals surface area contributed by atoms with Crippen molar-refractivity contribution in [2.24, 2.45) is 0 Å². The first-order chi connectivity index (χ1) is 17.4. The number of rotatable bonds is 10. The van der Waals surface area contributed by atoms with Gasteiger partial charge in [-0.2, -0.15) is 0 Å². The van der Waals surface area contributed by atoms with Crippen molar-refractivity contribution >= 4 is 10.8 Å². The molecule has 0 bridgehead atoms. The normalized spacial score (nSPS) is 10.7. The zero-order valence-electron chi connectivity index (χ0n) is 19.6. The molecule has 0 heterocycles. The number of benzene rings is 5.